The van der Waals surface area contributed by atoms with E-state index in [9.17, 15) is 4.79 Å². The number of rotatable bonds is 7. The van der Waals surface area contributed by atoms with Crippen LogP contribution >= 0.6 is 0 Å². The van der Waals surface area contributed by atoms with Crippen molar-refractivity contribution in [3.8, 4) is 0 Å². The Kier molecular flexibility index (Phi) is 4.65. The summed E-state index contributed by atoms with van der Waals surface area (Å²) in [6.45, 7) is 3.85. The van der Waals surface area contributed by atoms with Crippen LogP contribution in [0.15, 0.2) is 24.3 Å². The molecule has 0 aliphatic heterocycles. The number of aromatic nitrogens is 2. The zero-order chi connectivity index (χ0) is 13.7. The molecule has 19 heavy (non-hydrogen) atoms. The van der Waals surface area contributed by atoms with E-state index in [1.807, 2.05) is 28.9 Å². The summed E-state index contributed by atoms with van der Waals surface area (Å²) >= 11 is 0. The van der Waals surface area contributed by atoms with Gasteiger partial charge in [-0.25, -0.2) is 0 Å². The molecule has 0 saturated heterocycles. The van der Waals surface area contributed by atoms with Gasteiger partial charge in [-0.2, -0.15) is 5.10 Å². The Morgan fingerprint density at radius 1 is 1.26 bits per heavy atom. The Labute approximate surface area is 112 Å². The van der Waals surface area contributed by atoms with Gasteiger partial charge in [-0.1, -0.05) is 18.2 Å². The maximum atomic E-state index is 11.6. The normalized spacial score (nSPS) is 11.1. The molecule has 102 valence electrons. The van der Waals surface area contributed by atoms with Crippen molar-refractivity contribution in [1.29, 1.82) is 0 Å². The largest absolute Gasteiger partial charge is 0.382 e. The van der Waals surface area contributed by atoms with Crippen molar-refractivity contribution in [2.45, 2.75) is 13.5 Å². The molecule has 2 aromatic rings. The molecular weight excluding hydrogens is 244 g/mol. The van der Waals surface area contributed by atoms with Crippen molar-refractivity contribution >= 4 is 16.7 Å². The molecule has 0 amide bonds. The number of Topliss-reactive ketones (excluding diaryl/α,β-unsaturated/α-hetero) is 1. The molecule has 0 N–H and O–H groups in total. The van der Waals surface area contributed by atoms with Crippen LogP contribution in [0.3, 0.4) is 0 Å². The van der Waals surface area contributed by atoms with E-state index >= 15 is 0 Å². The average molecular weight is 262 g/mol. The highest BCUT2D eigenvalue weighted by Crippen LogP contribution is 2.18. The Morgan fingerprint density at radius 2 is 2.05 bits per heavy atom. The van der Waals surface area contributed by atoms with Gasteiger partial charge in [-0.05, 0) is 6.07 Å². The summed E-state index contributed by atoms with van der Waals surface area (Å²) in [5.74, 6) is -0.0183. The second-order valence-electron chi connectivity index (χ2n) is 4.25. The van der Waals surface area contributed by atoms with Gasteiger partial charge in [0.25, 0.3) is 0 Å². The lowest BCUT2D eigenvalue weighted by atomic mass is 10.2. The van der Waals surface area contributed by atoms with E-state index in [0.717, 1.165) is 10.9 Å². The second-order valence-corrected chi connectivity index (χ2v) is 4.25. The zero-order valence-corrected chi connectivity index (χ0v) is 11.3. The van der Waals surface area contributed by atoms with Gasteiger partial charge < -0.3 is 9.47 Å². The van der Waals surface area contributed by atoms with Crippen LogP contribution in [-0.4, -0.2) is 42.5 Å². The van der Waals surface area contributed by atoms with Crippen LogP contribution in [-0.2, 0) is 16.0 Å². The molecule has 0 spiro atoms. The quantitative estimate of drug-likeness (QED) is 0.565. The van der Waals surface area contributed by atoms with Gasteiger partial charge in [0.2, 0.25) is 0 Å². The first-order valence-electron chi connectivity index (χ1n) is 6.27. The van der Waals surface area contributed by atoms with E-state index in [0.29, 0.717) is 32.1 Å². The molecule has 0 unspecified atom stereocenters. The highest BCUT2D eigenvalue weighted by Gasteiger charge is 2.12. The molecule has 1 heterocycles. The standard InChI is InChI=1S/C14H18N2O3/c1-11(17)14-12-5-3-4-6-13(12)16(15-14)7-8-19-10-9-18-2/h3-6H,7-10H2,1-2H3. The highest BCUT2D eigenvalue weighted by molar-refractivity contribution is 6.04. The Morgan fingerprint density at radius 3 is 2.79 bits per heavy atom. The number of carbonyl (C=O) groups excluding carboxylic acids is 1. The van der Waals surface area contributed by atoms with Gasteiger partial charge in [-0.15, -0.1) is 0 Å². The Bertz CT molecular complexity index is 563. The first-order chi connectivity index (χ1) is 9.24. The fourth-order valence-electron chi connectivity index (χ4n) is 1.95. The molecular formula is C14H18N2O3. The van der Waals surface area contributed by atoms with Gasteiger partial charge in [0, 0.05) is 19.4 Å². The van der Waals surface area contributed by atoms with Gasteiger partial charge in [0.05, 0.1) is 31.9 Å². The van der Waals surface area contributed by atoms with Crippen molar-refractivity contribution in [2.24, 2.45) is 0 Å². The molecule has 1 aromatic carbocycles. The summed E-state index contributed by atoms with van der Waals surface area (Å²) in [5.41, 5.74) is 1.48. The minimum absolute atomic E-state index is 0.0183. The predicted octanol–water partition coefficient (Wildman–Crippen LogP) is 1.90. The van der Waals surface area contributed by atoms with Gasteiger partial charge in [0.15, 0.2) is 5.78 Å². The number of nitrogens with zero attached hydrogens (tertiary/aromatic N) is 2. The van der Waals surface area contributed by atoms with Crippen molar-refractivity contribution in [3.63, 3.8) is 0 Å². The molecule has 0 saturated carbocycles. The summed E-state index contributed by atoms with van der Waals surface area (Å²) in [6, 6.07) is 7.73. The second kappa shape index (κ2) is 6.45. The van der Waals surface area contributed by atoms with Crippen LogP contribution in [0.5, 0.6) is 0 Å². The number of ketones is 1. The number of para-hydroxylation sites is 1. The number of benzene rings is 1. The van der Waals surface area contributed by atoms with E-state index in [-0.39, 0.29) is 5.78 Å². The molecule has 0 aliphatic carbocycles. The Balaban J connectivity index is 2.12. The maximum absolute atomic E-state index is 11.6. The highest BCUT2D eigenvalue weighted by atomic mass is 16.5. The van der Waals surface area contributed by atoms with Gasteiger partial charge >= 0.3 is 0 Å². The molecule has 1 aromatic heterocycles. The Hall–Kier alpha value is -1.72. The molecule has 0 radical (unpaired) electrons. The lowest BCUT2D eigenvalue weighted by Gasteiger charge is -2.04. The van der Waals surface area contributed by atoms with E-state index in [4.69, 9.17) is 9.47 Å². The first kappa shape index (κ1) is 13.7. The number of ether oxygens (including phenoxy) is 2. The van der Waals surface area contributed by atoms with Gasteiger partial charge in [0.1, 0.15) is 5.69 Å². The molecule has 5 heteroatoms. The smallest absolute Gasteiger partial charge is 0.180 e. The number of carbonyl (C=O) groups is 1. The summed E-state index contributed by atoms with van der Waals surface area (Å²) in [6.07, 6.45) is 0. The lowest BCUT2D eigenvalue weighted by molar-refractivity contribution is 0.0658. The average Bonchev–Trinajstić information content (AvgIpc) is 2.78. The number of fused-ring (bicyclic) bond motifs is 1. The fourth-order valence-corrected chi connectivity index (χ4v) is 1.95. The molecule has 0 atom stereocenters. The van der Waals surface area contributed by atoms with Crippen molar-refractivity contribution < 1.29 is 14.3 Å². The third-order valence-electron chi connectivity index (χ3n) is 2.87. The van der Waals surface area contributed by atoms with Crippen LogP contribution in [0.2, 0.25) is 0 Å². The molecule has 2 rings (SSSR count). The van der Waals surface area contributed by atoms with Crippen LogP contribution in [0.1, 0.15) is 17.4 Å². The molecule has 0 aliphatic rings. The number of hydrogen-bond donors (Lipinski definition) is 0. The summed E-state index contributed by atoms with van der Waals surface area (Å²) in [4.78, 5) is 11.6. The van der Waals surface area contributed by atoms with Crippen molar-refractivity contribution in [1.82, 2.24) is 9.78 Å². The maximum Gasteiger partial charge on any atom is 0.180 e. The van der Waals surface area contributed by atoms with E-state index in [1.54, 1.807) is 7.11 Å². The van der Waals surface area contributed by atoms with Crippen molar-refractivity contribution in [2.75, 3.05) is 26.9 Å². The minimum atomic E-state index is -0.0183. The first-order valence-corrected chi connectivity index (χ1v) is 6.27. The fraction of sp³-hybridized carbons (Fsp3) is 0.429. The number of methoxy groups -OCH3 is 1. The van der Waals surface area contributed by atoms with Crippen LogP contribution in [0, 0.1) is 0 Å². The van der Waals surface area contributed by atoms with E-state index < -0.39 is 0 Å². The van der Waals surface area contributed by atoms with Gasteiger partial charge in [-0.3, -0.25) is 9.48 Å². The molecule has 0 fully saturated rings. The minimum Gasteiger partial charge on any atom is -0.382 e. The molecule has 0 bridgehead atoms. The third-order valence-corrected chi connectivity index (χ3v) is 2.87. The third kappa shape index (κ3) is 3.19. The number of hydrogen-bond acceptors (Lipinski definition) is 4. The van der Waals surface area contributed by atoms with Crippen LogP contribution in [0.4, 0.5) is 0 Å². The monoisotopic (exact) mass is 262 g/mol. The van der Waals surface area contributed by atoms with Crippen LogP contribution in [0.25, 0.3) is 10.9 Å². The summed E-state index contributed by atoms with van der Waals surface area (Å²) in [5, 5.41) is 5.26. The predicted molar refractivity (Wildman–Crippen MR) is 72.4 cm³/mol. The van der Waals surface area contributed by atoms with E-state index in [1.165, 1.54) is 6.92 Å². The topological polar surface area (TPSA) is 53.4 Å². The summed E-state index contributed by atoms with van der Waals surface area (Å²) < 4.78 is 12.2. The van der Waals surface area contributed by atoms with E-state index in [2.05, 4.69) is 5.10 Å². The van der Waals surface area contributed by atoms with Crippen LogP contribution < -0.4 is 0 Å². The lowest BCUT2D eigenvalue weighted by Crippen LogP contribution is -2.10. The summed E-state index contributed by atoms with van der Waals surface area (Å²) in [7, 11) is 1.64. The zero-order valence-electron chi connectivity index (χ0n) is 11.3. The van der Waals surface area contributed by atoms with Crippen molar-refractivity contribution in [3.05, 3.63) is 30.0 Å². The molecule has 5 nitrogen and oxygen atoms in total. The SMILES string of the molecule is COCCOCCn1nc(C(C)=O)c2ccccc21.